The standard InChI is InChI=1S/C19H23IN4O2S/c20-7-5-11-6-8-21-10-15(11)23-19(26)17-14-4-3-13(9-16(14)27-24-17)22-18(25)12-1-2-12/h3-4,9,11-12,15,21H,1-2,5-8,10H2,(H,22,25)(H,23,26)/t11-,15+/m0/s1. The molecule has 1 aliphatic carbocycles. The quantitative estimate of drug-likeness (QED) is 0.422. The van der Waals surface area contributed by atoms with Crippen LogP contribution >= 0.6 is 34.1 Å². The number of benzene rings is 1. The highest BCUT2D eigenvalue weighted by molar-refractivity contribution is 14.1. The number of anilines is 1. The fourth-order valence-corrected chi connectivity index (χ4v) is 5.19. The van der Waals surface area contributed by atoms with Crippen LogP contribution in [-0.2, 0) is 4.79 Å². The van der Waals surface area contributed by atoms with E-state index in [2.05, 4.69) is 42.9 Å². The average molecular weight is 498 g/mol. The summed E-state index contributed by atoms with van der Waals surface area (Å²) in [6.07, 6.45) is 4.17. The number of carbonyl (C=O) groups is 2. The molecule has 144 valence electrons. The minimum atomic E-state index is -0.108. The van der Waals surface area contributed by atoms with E-state index in [0.717, 1.165) is 59.0 Å². The van der Waals surface area contributed by atoms with Gasteiger partial charge in [0.2, 0.25) is 5.91 Å². The van der Waals surface area contributed by atoms with Gasteiger partial charge in [-0.3, -0.25) is 9.59 Å². The largest absolute Gasteiger partial charge is 0.346 e. The van der Waals surface area contributed by atoms with Crippen molar-refractivity contribution in [1.82, 2.24) is 15.0 Å². The highest BCUT2D eigenvalue weighted by Gasteiger charge is 2.30. The Balaban J connectivity index is 1.47. The first kappa shape index (κ1) is 19.1. The number of halogens is 1. The van der Waals surface area contributed by atoms with Crippen LogP contribution in [0.5, 0.6) is 0 Å². The summed E-state index contributed by atoms with van der Waals surface area (Å²) in [5.74, 6) is 0.662. The third kappa shape index (κ3) is 4.43. The zero-order valence-corrected chi connectivity index (χ0v) is 17.9. The molecule has 2 aliphatic rings. The van der Waals surface area contributed by atoms with Crippen molar-refractivity contribution < 1.29 is 9.59 Å². The van der Waals surface area contributed by atoms with Crippen molar-refractivity contribution in [2.24, 2.45) is 11.8 Å². The summed E-state index contributed by atoms with van der Waals surface area (Å²) >= 11 is 3.70. The fraction of sp³-hybridized carbons (Fsp3) is 0.526. The van der Waals surface area contributed by atoms with Gasteiger partial charge in [-0.05, 0) is 72.3 Å². The molecular weight excluding hydrogens is 475 g/mol. The van der Waals surface area contributed by atoms with E-state index in [9.17, 15) is 9.59 Å². The Hall–Kier alpha value is -1.26. The maximum absolute atomic E-state index is 12.8. The van der Waals surface area contributed by atoms with Crippen molar-refractivity contribution in [3.8, 4) is 0 Å². The predicted octanol–water partition coefficient (Wildman–Crippen LogP) is 3.18. The highest BCUT2D eigenvalue weighted by Crippen LogP contribution is 2.31. The monoisotopic (exact) mass is 498 g/mol. The van der Waals surface area contributed by atoms with Crippen molar-refractivity contribution in [1.29, 1.82) is 0 Å². The molecule has 0 spiro atoms. The van der Waals surface area contributed by atoms with E-state index in [1.165, 1.54) is 11.5 Å². The number of hydrogen-bond acceptors (Lipinski definition) is 5. The molecule has 3 N–H and O–H groups in total. The van der Waals surface area contributed by atoms with Gasteiger partial charge in [0.1, 0.15) is 5.69 Å². The smallest absolute Gasteiger partial charge is 0.271 e. The molecule has 0 radical (unpaired) electrons. The predicted molar refractivity (Wildman–Crippen MR) is 117 cm³/mol. The van der Waals surface area contributed by atoms with Gasteiger partial charge in [0.25, 0.3) is 5.91 Å². The van der Waals surface area contributed by atoms with E-state index < -0.39 is 0 Å². The fourth-order valence-electron chi connectivity index (χ4n) is 3.57. The molecule has 27 heavy (non-hydrogen) atoms. The zero-order valence-electron chi connectivity index (χ0n) is 15.0. The van der Waals surface area contributed by atoms with Crippen molar-refractivity contribution >= 4 is 61.7 Å². The average Bonchev–Trinajstić information content (AvgIpc) is 3.43. The van der Waals surface area contributed by atoms with Crippen LogP contribution in [0.2, 0.25) is 0 Å². The molecule has 2 heterocycles. The number of nitrogens with zero attached hydrogens (tertiary/aromatic N) is 1. The van der Waals surface area contributed by atoms with E-state index in [1.54, 1.807) is 0 Å². The second-order valence-corrected chi connectivity index (χ2v) is 9.20. The van der Waals surface area contributed by atoms with Crippen molar-refractivity contribution in [2.75, 3.05) is 22.8 Å². The number of fused-ring (bicyclic) bond motifs is 1. The molecule has 1 aliphatic heterocycles. The Morgan fingerprint density at radius 1 is 1.30 bits per heavy atom. The van der Waals surface area contributed by atoms with Gasteiger partial charge in [0, 0.05) is 29.6 Å². The molecule has 6 nitrogen and oxygen atoms in total. The van der Waals surface area contributed by atoms with Crippen molar-refractivity contribution in [3.63, 3.8) is 0 Å². The second kappa shape index (κ2) is 8.40. The molecule has 0 bridgehead atoms. The highest BCUT2D eigenvalue weighted by atomic mass is 127. The van der Waals surface area contributed by atoms with E-state index >= 15 is 0 Å². The van der Waals surface area contributed by atoms with Crippen molar-refractivity contribution in [3.05, 3.63) is 23.9 Å². The lowest BCUT2D eigenvalue weighted by molar-refractivity contribution is -0.117. The van der Waals surface area contributed by atoms with Crippen LogP contribution in [0.3, 0.4) is 0 Å². The van der Waals surface area contributed by atoms with E-state index in [4.69, 9.17) is 0 Å². The Bertz CT molecular complexity index is 849. The number of nitrogens with one attached hydrogen (secondary N) is 3. The molecule has 1 aromatic heterocycles. The lowest BCUT2D eigenvalue weighted by Gasteiger charge is -2.32. The van der Waals surface area contributed by atoms with Crippen LogP contribution < -0.4 is 16.0 Å². The first-order valence-corrected chi connectivity index (χ1v) is 11.7. The van der Waals surface area contributed by atoms with Gasteiger partial charge in [-0.2, -0.15) is 4.37 Å². The molecule has 2 aromatic rings. The maximum atomic E-state index is 12.8. The Kier molecular flexibility index (Phi) is 5.93. The molecule has 2 atom stereocenters. The summed E-state index contributed by atoms with van der Waals surface area (Å²) in [4.78, 5) is 24.8. The summed E-state index contributed by atoms with van der Waals surface area (Å²) in [6, 6.07) is 5.80. The number of aromatic nitrogens is 1. The number of piperidine rings is 1. The minimum Gasteiger partial charge on any atom is -0.346 e. The number of rotatable bonds is 6. The molecule has 1 saturated carbocycles. The zero-order chi connectivity index (χ0) is 18.8. The van der Waals surface area contributed by atoms with Crippen LogP contribution in [0.15, 0.2) is 18.2 Å². The van der Waals surface area contributed by atoms with Gasteiger partial charge in [-0.15, -0.1) is 0 Å². The van der Waals surface area contributed by atoms with Crippen LogP contribution in [0, 0.1) is 11.8 Å². The normalized spacial score (nSPS) is 22.6. The van der Waals surface area contributed by atoms with Gasteiger partial charge in [-0.1, -0.05) is 22.6 Å². The van der Waals surface area contributed by atoms with E-state index in [-0.39, 0.29) is 23.8 Å². The summed E-state index contributed by atoms with van der Waals surface area (Å²) in [6.45, 7) is 1.83. The Morgan fingerprint density at radius 2 is 2.15 bits per heavy atom. The maximum Gasteiger partial charge on any atom is 0.271 e. The third-order valence-corrected chi connectivity index (χ3v) is 6.76. The molecule has 1 aromatic carbocycles. The minimum absolute atomic E-state index is 0.0861. The van der Waals surface area contributed by atoms with E-state index in [0.29, 0.717) is 11.6 Å². The molecule has 1 saturated heterocycles. The number of alkyl halides is 1. The summed E-state index contributed by atoms with van der Waals surface area (Å²) in [5.41, 5.74) is 1.25. The molecule has 2 amide bonds. The van der Waals surface area contributed by atoms with Crippen LogP contribution in [0.4, 0.5) is 5.69 Å². The molecule has 4 rings (SSSR count). The van der Waals surface area contributed by atoms with Crippen molar-refractivity contribution in [2.45, 2.75) is 31.7 Å². The van der Waals surface area contributed by atoms with Crippen LogP contribution in [0.1, 0.15) is 36.2 Å². The van der Waals surface area contributed by atoms with Crippen LogP contribution in [-0.4, -0.2) is 39.7 Å². The van der Waals surface area contributed by atoms with Gasteiger partial charge in [0.05, 0.1) is 4.70 Å². The molecule has 0 unspecified atom stereocenters. The van der Waals surface area contributed by atoms with Gasteiger partial charge in [0.15, 0.2) is 0 Å². The second-order valence-electron chi connectivity index (χ2n) is 7.32. The van der Waals surface area contributed by atoms with E-state index in [1.807, 2.05) is 18.2 Å². The topological polar surface area (TPSA) is 83.1 Å². The summed E-state index contributed by atoms with van der Waals surface area (Å²) < 4.78 is 6.41. The Morgan fingerprint density at radius 3 is 2.93 bits per heavy atom. The van der Waals surface area contributed by atoms with Crippen LogP contribution in [0.25, 0.3) is 10.1 Å². The first-order valence-electron chi connectivity index (χ1n) is 9.43. The summed E-state index contributed by atoms with van der Waals surface area (Å²) in [7, 11) is 0. The molecular formula is C19H23IN4O2S. The molecule has 2 fully saturated rings. The first-order chi connectivity index (χ1) is 13.2. The third-order valence-electron chi connectivity index (χ3n) is 5.32. The van der Waals surface area contributed by atoms with Gasteiger partial charge >= 0.3 is 0 Å². The van der Waals surface area contributed by atoms with Gasteiger partial charge < -0.3 is 16.0 Å². The SMILES string of the molecule is O=C(N[C@@H]1CNCC[C@@H]1CCI)c1nsc2cc(NC(=O)C3CC3)ccc12. The summed E-state index contributed by atoms with van der Waals surface area (Å²) in [5, 5.41) is 10.4. The Labute approximate surface area is 176 Å². The lowest BCUT2D eigenvalue weighted by atomic mass is 9.90. The number of amides is 2. The number of carbonyl (C=O) groups excluding carboxylic acids is 2. The lowest BCUT2D eigenvalue weighted by Crippen LogP contribution is -2.51. The van der Waals surface area contributed by atoms with Gasteiger partial charge in [-0.25, -0.2) is 0 Å². The molecule has 8 heteroatoms. The number of hydrogen-bond donors (Lipinski definition) is 3.